The predicted octanol–water partition coefficient (Wildman–Crippen LogP) is 6.11. The van der Waals surface area contributed by atoms with Crippen molar-refractivity contribution >= 4 is 28.2 Å². The van der Waals surface area contributed by atoms with Crippen molar-refractivity contribution in [3.8, 4) is 6.07 Å². The van der Waals surface area contributed by atoms with Crippen LogP contribution in [0.25, 0.3) is 22.6 Å². The molecule has 0 aliphatic heterocycles. The monoisotopic (exact) mass is 411 g/mol. The Morgan fingerprint density at radius 1 is 1.13 bits per heavy atom. The molecule has 31 heavy (non-hydrogen) atoms. The van der Waals surface area contributed by atoms with Gasteiger partial charge in [-0.2, -0.15) is 5.26 Å². The Labute approximate surface area is 178 Å². The molecule has 0 saturated heterocycles. The molecule has 6 heteroatoms. The molecule has 0 aliphatic carbocycles. The number of para-hydroxylation sites is 1. The molecule has 0 N–H and O–H groups in total. The van der Waals surface area contributed by atoms with Gasteiger partial charge in [0.25, 0.3) is 5.69 Å². The molecule has 1 heterocycles. The molecule has 0 saturated carbocycles. The number of non-ortho nitro benzene ring substituents is 1. The highest BCUT2D eigenvalue weighted by atomic mass is 19.1. The zero-order valence-corrected chi connectivity index (χ0v) is 16.7. The molecule has 0 radical (unpaired) electrons. The summed E-state index contributed by atoms with van der Waals surface area (Å²) in [6.45, 7) is 2.28. The smallest absolute Gasteiger partial charge is 0.270 e. The lowest BCUT2D eigenvalue weighted by molar-refractivity contribution is -0.384. The highest BCUT2D eigenvalue weighted by Gasteiger charge is 2.16. The number of halogens is 1. The van der Waals surface area contributed by atoms with Gasteiger partial charge >= 0.3 is 0 Å². The van der Waals surface area contributed by atoms with Crippen LogP contribution in [-0.2, 0) is 6.54 Å². The summed E-state index contributed by atoms with van der Waals surface area (Å²) in [6.07, 6.45) is 1.74. The van der Waals surface area contributed by atoms with Gasteiger partial charge in [0.1, 0.15) is 5.82 Å². The van der Waals surface area contributed by atoms with Crippen molar-refractivity contribution in [3.63, 3.8) is 0 Å². The van der Waals surface area contributed by atoms with Crippen LogP contribution >= 0.6 is 0 Å². The highest BCUT2D eigenvalue weighted by molar-refractivity contribution is 5.99. The Kier molecular flexibility index (Phi) is 5.33. The maximum atomic E-state index is 14.3. The van der Waals surface area contributed by atoms with Crippen LogP contribution in [-0.4, -0.2) is 9.49 Å². The van der Waals surface area contributed by atoms with Crippen LogP contribution in [0.5, 0.6) is 0 Å². The quantitative estimate of drug-likeness (QED) is 0.226. The number of aromatic nitrogens is 1. The Hall–Kier alpha value is -4.24. The number of fused-ring (bicyclic) bond motifs is 1. The summed E-state index contributed by atoms with van der Waals surface area (Å²) in [5.41, 5.74) is 3.92. The van der Waals surface area contributed by atoms with Gasteiger partial charge in [-0.3, -0.25) is 10.1 Å². The molecule has 0 atom stereocenters. The van der Waals surface area contributed by atoms with Crippen LogP contribution in [0.3, 0.4) is 0 Å². The normalized spacial score (nSPS) is 11.5. The van der Waals surface area contributed by atoms with Gasteiger partial charge in [-0.25, -0.2) is 4.39 Å². The molecular weight excluding hydrogens is 393 g/mol. The molecule has 0 aliphatic rings. The fourth-order valence-corrected chi connectivity index (χ4v) is 3.75. The maximum Gasteiger partial charge on any atom is 0.270 e. The van der Waals surface area contributed by atoms with Crippen molar-refractivity contribution in [1.82, 2.24) is 4.57 Å². The van der Waals surface area contributed by atoms with Gasteiger partial charge in [-0.15, -0.1) is 0 Å². The first kappa shape index (κ1) is 20.0. The zero-order chi connectivity index (χ0) is 22.0. The number of rotatable bonds is 5. The SMILES string of the molecule is Cc1c(C=C(C#N)c2cccc([N+](=O)[O-])c2)c2ccccc2n1Cc1ccccc1F. The fourth-order valence-electron chi connectivity index (χ4n) is 3.75. The van der Waals surface area contributed by atoms with E-state index in [1.54, 1.807) is 36.4 Å². The van der Waals surface area contributed by atoms with Gasteiger partial charge in [-0.05, 0) is 30.7 Å². The maximum absolute atomic E-state index is 14.3. The van der Waals surface area contributed by atoms with Crippen LogP contribution in [0.2, 0.25) is 0 Å². The largest absolute Gasteiger partial charge is 0.340 e. The topological polar surface area (TPSA) is 71.9 Å². The van der Waals surface area contributed by atoms with E-state index in [9.17, 15) is 19.8 Å². The first-order chi connectivity index (χ1) is 15.0. The van der Waals surface area contributed by atoms with E-state index in [1.165, 1.54) is 18.2 Å². The Morgan fingerprint density at radius 2 is 1.87 bits per heavy atom. The van der Waals surface area contributed by atoms with Crippen LogP contribution in [0.1, 0.15) is 22.4 Å². The number of nitrogens with zero attached hydrogens (tertiary/aromatic N) is 3. The first-order valence-corrected chi connectivity index (χ1v) is 9.67. The molecule has 3 aromatic carbocycles. The summed E-state index contributed by atoms with van der Waals surface area (Å²) in [5, 5.41) is 21.8. The van der Waals surface area contributed by atoms with E-state index in [-0.39, 0.29) is 11.5 Å². The summed E-state index contributed by atoms with van der Waals surface area (Å²) >= 11 is 0. The standard InChI is InChI=1S/C25H18FN3O2/c1-17-23(14-20(15-27)18-8-6-9-21(13-18)29(30)31)22-10-3-5-12-25(22)28(17)16-19-7-2-4-11-24(19)26/h2-14H,16H2,1H3. The summed E-state index contributed by atoms with van der Waals surface area (Å²) in [5.74, 6) is -0.272. The highest BCUT2D eigenvalue weighted by Crippen LogP contribution is 2.31. The van der Waals surface area contributed by atoms with Gasteiger partial charge < -0.3 is 4.57 Å². The Bertz CT molecular complexity index is 1380. The van der Waals surface area contributed by atoms with Gasteiger partial charge in [0, 0.05) is 39.9 Å². The molecule has 0 amide bonds. The molecule has 0 unspecified atom stereocenters. The van der Waals surface area contributed by atoms with Gasteiger partial charge in [0.05, 0.1) is 23.1 Å². The number of nitriles is 1. The number of nitro benzene ring substituents is 1. The van der Waals surface area contributed by atoms with Crippen molar-refractivity contribution in [1.29, 1.82) is 5.26 Å². The number of hydrogen-bond donors (Lipinski definition) is 0. The lowest BCUT2D eigenvalue weighted by Gasteiger charge is -2.09. The third-order valence-electron chi connectivity index (χ3n) is 5.34. The Balaban J connectivity index is 1.87. The molecule has 4 aromatic rings. The second kappa shape index (κ2) is 8.25. The zero-order valence-electron chi connectivity index (χ0n) is 16.7. The predicted molar refractivity (Wildman–Crippen MR) is 119 cm³/mol. The molecular formula is C25H18FN3O2. The molecule has 152 valence electrons. The van der Waals surface area contributed by atoms with E-state index in [0.29, 0.717) is 23.2 Å². The van der Waals surface area contributed by atoms with Gasteiger partial charge in [0.15, 0.2) is 0 Å². The molecule has 0 fully saturated rings. The van der Waals surface area contributed by atoms with E-state index in [0.717, 1.165) is 22.2 Å². The number of allylic oxidation sites excluding steroid dienone is 1. The van der Waals surface area contributed by atoms with Crippen molar-refractivity contribution in [2.75, 3.05) is 0 Å². The van der Waals surface area contributed by atoms with E-state index >= 15 is 0 Å². The summed E-state index contributed by atoms with van der Waals surface area (Å²) in [4.78, 5) is 10.6. The summed E-state index contributed by atoms with van der Waals surface area (Å²) in [7, 11) is 0. The minimum atomic E-state index is -0.482. The summed E-state index contributed by atoms with van der Waals surface area (Å²) in [6, 6.07) is 22.6. The molecule has 5 nitrogen and oxygen atoms in total. The number of benzene rings is 3. The lowest BCUT2D eigenvalue weighted by atomic mass is 10.0. The molecule has 4 rings (SSSR count). The number of nitro groups is 1. The van der Waals surface area contributed by atoms with E-state index in [2.05, 4.69) is 6.07 Å². The molecule has 0 spiro atoms. The minimum Gasteiger partial charge on any atom is -0.340 e. The van der Waals surface area contributed by atoms with Crippen LogP contribution in [0.15, 0.2) is 72.8 Å². The van der Waals surface area contributed by atoms with Crippen LogP contribution in [0, 0.1) is 34.2 Å². The van der Waals surface area contributed by atoms with Crippen molar-refractivity contribution in [3.05, 3.63) is 111 Å². The average molecular weight is 411 g/mol. The number of hydrogen-bond acceptors (Lipinski definition) is 3. The van der Waals surface area contributed by atoms with E-state index < -0.39 is 4.92 Å². The average Bonchev–Trinajstić information content (AvgIpc) is 3.04. The minimum absolute atomic E-state index is 0.0719. The van der Waals surface area contributed by atoms with Crippen molar-refractivity contribution in [2.24, 2.45) is 0 Å². The lowest BCUT2D eigenvalue weighted by Crippen LogP contribution is -2.03. The third kappa shape index (κ3) is 3.81. The second-order valence-corrected chi connectivity index (χ2v) is 7.17. The van der Waals surface area contributed by atoms with Crippen LogP contribution in [0.4, 0.5) is 10.1 Å². The first-order valence-electron chi connectivity index (χ1n) is 9.67. The Morgan fingerprint density at radius 3 is 2.61 bits per heavy atom. The fraction of sp³-hybridized carbons (Fsp3) is 0.0800. The molecule has 0 bridgehead atoms. The van der Waals surface area contributed by atoms with E-state index in [4.69, 9.17) is 0 Å². The second-order valence-electron chi connectivity index (χ2n) is 7.17. The van der Waals surface area contributed by atoms with Gasteiger partial charge in [0.2, 0.25) is 0 Å². The molecule has 1 aromatic heterocycles. The van der Waals surface area contributed by atoms with E-state index in [1.807, 2.05) is 35.8 Å². The van der Waals surface area contributed by atoms with Gasteiger partial charge in [-0.1, -0.05) is 48.5 Å². The van der Waals surface area contributed by atoms with Crippen molar-refractivity contribution < 1.29 is 9.31 Å². The van der Waals surface area contributed by atoms with Crippen LogP contribution < -0.4 is 0 Å². The summed E-state index contributed by atoms with van der Waals surface area (Å²) < 4.78 is 16.3. The van der Waals surface area contributed by atoms with Crippen molar-refractivity contribution in [2.45, 2.75) is 13.5 Å². The third-order valence-corrected chi connectivity index (χ3v) is 5.34.